The Balaban J connectivity index is 2.24. The number of unbranched alkanes of at least 4 members (excludes halogenated alkanes) is 1. The number of aliphatic carboxylic acids is 1. The number of hydrogen-bond acceptors (Lipinski definition) is 2. The summed E-state index contributed by atoms with van der Waals surface area (Å²) in [5.41, 5.74) is -1.12. The smallest absolute Gasteiger partial charge is 0.329 e. The van der Waals surface area contributed by atoms with Crippen LogP contribution in [0.25, 0.3) is 0 Å². The summed E-state index contributed by atoms with van der Waals surface area (Å²) in [5, 5.41) is 14.6. The van der Waals surface area contributed by atoms with Crippen molar-refractivity contribution in [3.05, 3.63) is 0 Å². The van der Waals surface area contributed by atoms with Crippen molar-refractivity contribution >= 4 is 12.0 Å². The third kappa shape index (κ3) is 5.09. The summed E-state index contributed by atoms with van der Waals surface area (Å²) in [6.07, 6.45) is 4.91. The SMILES string of the molecule is CC(C)CCCCNC(=O)NC(C)(C(=O)O)C1CC1. The fourth-order valence-electron chi connectivity index (χ4n) is 2.15. The Morgan fingerprint density at radius 2 is 1.95 bits per heavy atom. The van der Waals surface area contributed by atoms with E-state index < -0.39 is 11.5 Å². The van der Waals surface area contributed by atoms with Crippen molar-refractivity contribution in [3.63, 3.8) is 0 Å². The third-order valence-corrected chi connectivity index (χ3v) is 3.71. The summed E-state index contributed by atoms with van der Waals surface area (Å²) in [5.74, 6) is -0.208. The van der Waals surface area contributed by atoms with Crippen molar-refractivity contribution in [1.82, 2.24) is 10.6 Å². The molecular weight excluding hydrogens is 244 g/mol. The molecule has 1 atom stereocenters. The number of amides is 2. The molecule has 0 aromatic carbocycles. The standard InChI is InChI=1S/C14H26N2O3/c1-10(2)6-4-5-9-15-13(19)16-14(3,12(17)18)11-7-8-11/h10-11H,4-9H2,1-3H3,(H,17,18)(H2,15,16,19). The maximum absolute atomic E-state index is 11.7. The lowest BCUT2D eigenvalue weighted by Crippen LogP contribution is -2.56. The molecule has 0 aliphatic heterocycles. The first kappa shape index (κ1) is 15.8. The second kappa shape index (κ2) is 6.78. The van der Waals surface area contributed by atoms with Crippen molar-refractivity contribution in [2.24, 2.45) is 11.8 Å². The highest BCUT2D eigenvalue weighted by Crippen LogP contribution is 2.39. The number of rotatable bonds is 8. The van der Waals surface area contributed by atoms with Gasteiger partial charge in [-0.05, 0) is 38.0 Å². The highest BCUT2D eigenvalue weighted by Gasteiger charge is 2.48. The van der Waals surface area contributed by atoms with Gasteiger partial charge in [-0.3, -0.25) is 0 Å². The molecule has 0 radical (unpaired) electrons. The van der Waals surface area contributed by atoms with Crippen molar-refractivity contribution in [2.75, 3.05) is 6.54 Å². The average Bonchev–Trinajstić information content (AvgIpc) is 3.11. The molecule has 0 bridgehead atoms. The highest BCUT2D eigenvalue weighted by atomic mass is 16.4. The van der Waals surface area contributed by atoms with Crippen LogP contribution in [0.4, 0.5) is 4.79 Å². The number of carboxylic acid groups (broad SMARTS) is 1. The molecule has 5 heteroatoms. The number of carbonyl (C=O) groups is 2. The van der Waals surface area contributed by atoms with Crippen LogP contribution in [0.15, 0.2) is 0 Å². The fourth-order valence-corrected chi connectivity index (χ4v) is 2.15. The van der Waals surface area contributed by atoms with Gasteiger partial charge in [-0.1, -0.05) is 26.7 Å². The number of urea groups is 1. The molecule has 0 aromatic rings. The van der Waals surface area contributed by atoms with Crippen LogP contribution < -0.4 is 10.6 Å². The van der Waals surface area contributed by atoms with Gasteiger partial charge >= 0.3 is 12.0 Å². The second-order valence-electron chi connectivity index (χ2n) is 6.05. The van der Waals surface area contributed by atoms with Crippen LogP contribution in [0.1, 0.15) is 52.9 Å². The largest absolute Gasteiger partial charge is 0.480 e. The van der Waals surface area contributed by atoms with E-state index in [-0.39, 0.29) is 11.9 Å². The van der Waals surface area contributed by atoms with Gasteiger partial charge in [0.25, 0.3) is 0 Å². The average molecular weight is 270 g/mol. The van der Waals surface area contributed by atoms with Crippen LogP contribution in [0, 0.1) is 11.8 Å². The summed E-state index contributed by atoms with van der Waals surface area (Å²) >= 11 is 0. The predicted octanol–water partition coefficient (Wildman–Crippen LogP) is 2.37. The molecule has 1 rings (SSSR count). The zero-order valence-corrected chi connectivity index (χ0v) is 12.2. The Morgan fingerprint density at radius 3 is 2.42 bits per heavy atom. The van der Waals surface area contributed by atoms with Crippen LogP contribution >= 0.6 is 0 Å². The van der Waals surface area contributed by atoms with Gasteiger partial charge in [-0.25, -0.2) is 9.59 Å². The molecule has 1 aliphatic carbocycles. The van der Waals surface area contributed by atoms with E-state index in [9.17, 15) is 14.7 Å². The Morgan fingerprint density at radius 1 is 1.32 bits per heavy atom. The van der Waals surface area contributed by atoms with E-state index in [4.69, 9.17) is 0 Å². The number of hydrogen-bond donors (Lipinski definition) is 3. The molecule has 0 spiro atoms. The molecule has 3 N–H and O–H groups in total. The summed E-state index contributed by atoms with van der Waals surface area (Å²) in [7, 11) is 0. The molecule has 110 valence electrons. The van der Waals surface area contributed by atoms with E-state index in [0.717, 1.165) is 32.1 Å². The molecule has 0 saturated heterocycles. The summed E-state index contributed by atoms with van der Waals surface area (Å²) < 4.78 is 0. The summed E-state index contributed by atoms with van der Waals surface area (Å²) in [4.78, 5) is 23.0. The molecular formula is C14H26N2O3. The number of carboxylic acids is 1. The van der Waals surface area contributed by atoms with E-state index in [2.05, 4.69) is 24.5 Å². The maximum atomic E-state index is 11.7. The van der Waals surface area contributed by atoms with Gasteiger partial charge in [-0.2, -0.15) is 0 Å². The van der Waals surface area contributed by atoms with E-state index in [1.807, 2.05) is 0 Å². The monoisotopic (exact) mass is 270 g/mol. The Hall–Kier alpha value is -1.26. The number of carbonyl (C=O) groups excluding carboxylic acids is 1. The fraction of sp³-hybridized carbons (Fsp3) is 0.857. The van der Waals surface area contributed by atoms with Gasteiger partial charge in [0, 0.05) is 6.54 Å². The van der Waals surface area contributed by atoms with Gasteiger partial charge < -0.3 is 15.7 Å². The topological polar surface area (TPSA) is 78.4 Å². The third-order valence-electron chi connectivity index (χ3n) is 3.71. The van der Waals surface area contributed by atoms with E-state index in [1.165, 1.54) is 0 Å². The van der Waals surface area contributed by atoms with Gasteiger partial charge in [0.2, 0.25) is 0 Å². The zero-order chi connectivity index (χ0) is 14.5. The minimum atomic E-state index is -1.12. The summed E-state index contributed by atoms with van der Waals surface area (Å²) in [6.45, 7) is 6.53. The van der Waals surface area contributed by atoms with Crippen molar-refractivity contribution in [2.45, 2.75) is 58.4 Å². The van der Waals surface area contributed by atoms with Gasteiger partial charge in [0.05, 0.1) is 0 Å². The molecule has 19 heavy (non-hydrogen) atoms. The van der Waals surface area contributed by atoms with Crippen molar-refractivity contribution in [1.29, 1.82) is 0 Å². The van der Waals surface area contributed by atoms with Crippen LogP contribution in [-0.2, 0) is 4.79 Å². The Bertz CT molecular complexity index is 327. The van der Waals surface area contributed by atoms with E-state index in [0.29, 0.717) is 12.5 Å². The minimum absolute atomic E-state index is 0.0664. The molecule has 5 nitrogen and oxygen atoms in total. The first-order valence-electron chi connectivity index (χ1n) is 7.15. The maximum Gasteiger partial charge on any atom is 0.329 e. The van der Waals surface area contributed by atoms with Gasteiger partial charge in [-0.15, -0.1) is 0 Å². The van der Waals surface area contributed by atoms with Crippen LogP contribution in [0.5, 0.6) is 0 Å². The normalized spacial score (nSPS) is 17.9. The molecule has 1 saturated carbocycles. The molecule has 0 aromatic heterocycles. The van der Waals surface area contributed by atoms with Crippen molar-refractivity contribution < 1.29 is 14.7 Å². The lowest BCUT2D eigenvalue weighted by molar-refractivity contribution is -0.144. The summed E-state index contributed by atoms with van der Waals surface area (Å²) in [6, 6.07) is -0.374. The first-order valence-corrected chi connectivity index (χ1v) is 7.15. The molecule has 1 fully saturated rings. The quantitative estimate of drug-likeness (QED) is 0.592. The molecule has 0 heterocycles. The highest BCUT2D eigenvalue weighted by molar-refractivity contribution is 5.86. The molecule has 1 aliphatic rings. The Labute approximate surface area is 115 Å². The molecule has 2 amide bonds. The van der Waals surface area contributed by atoms with Crippen LogP contribution in [0.3, 0.4) is 0 Å². The van der Waals surface area contributed by atoms with Crippen molar-refractivity contribution in [3.8, 4) is 0 Å². The predicted molar refractivity (Wildman–Crippen MR) is 74.0 cm³/mol. The van der Waals surface area contributed by atoms with Gasteiger partial charge in [0.15, 0.2) is 0 Å². The lowest BCUT2D eigenvalue weighted by Gasteiger charge is -2.26. The minimum Gasteiger partial charge on any atom is -0.480 e. The van der Waals surface area contributed by atoms with Crippen LogP contribution in [0.2, 0.25) is 0 Å². The molecule has 1 unspecified atom stereocenters. The Kier molecular flexibility index (Phi) is 5.63. The van der Waals surface area contributed by atoms with Gasteiger partial charge in [0.1, 0.15) is 5.54 Å². The second-order valence-corrected chi connectivity index (χ2v) is 6.05. The first-order chi connectivity index (χ1) is 8.86. The lowest BCUT2D eigenvalue weighted by atomic mass is 9.96. The van der Waals surface area contributed by atoms with Crippen LogP contribution in [-0.4, -0.2) is 29.2 Å². The zero-order valence-electron chi connectivity index (χ0n) is 12.2. The number of nitrogens with one attached hydrogen (secondary N) is 2. The van der Waals surface area contributed by atoms with E-state index in [1.54, 1.807) is 6.92 Å². The van der Waals surface area contributed by atoms with E-state index >= 15 is 0 Å².